The van der Waals surface area contributed by atoms with Gasteiger partial charge in [0, 0.05) is 41.6 Å². The first-order chi connectivity index (χ1) is 16.5. The number of nitrogens with one attached hydrogen (secondary N) is 3. The van der Waals surface area contributed by atoms with Crippen molar-refractivity contribution in [1.29, 1.82) is 0 Å². The average molecular weight is 453 g/mol. The van der Waals surface area contributed by atoms with Gasteiger partial charge < -0.3 is 16.0 Å². The maximum absolute atomic E-state index is 11.3. The van der Waals surface area contributed by atoms with Crippen molar-refractivity contribution in [3.63, 3.8) is 0 Å². The van der Waals surface area contributed by atoms with Crippen molar-refractivity contribution in [2.75, 3.05) is 16.0 Å². The van der Waals surface area contributed by atoms with Crippen LogP contribution in [0.1, 0.15) is 26.8 Å². The van der Waals surface area contributed by atoms with Crippen molar-refractivity contribution in [3.05, 3.63) is 67.1 Å². The molecule has 34 heavy (non-hydrogen) atoms. The summed E-state index contributed by atoms with van der Waals surface area (Å²) in [5.74, 6) is 1.17. The highest BCUT2D eigenvalue weighted by molar-refractivity contribution is 5.90. The number of benzene rings is 2. The third kappa shape index (κ3) is 4.23. The first-order valence-electron chi connectivity index (χ1n) is 11.0. The number of rotatable bonds is 6. The molecule has 0 unspecified atom stereocenters. The Labute approximate surface area is 196 Å². The predicted octanol–water partition coefficient (Wildman–Crippen LogP) is 5.40. The van der Waals surface area contributed by atoms with Crippen LogP contribution in [0, 0.1) is 0 Å². The molecule has 9 nitrogen and oxygen atoms in total. The molecular weight excluding hydrogens is 428 g/mol. The fourth-order valence-electron chi connectivity index (χ4n) is 3.84. The molecule has 1 amide bonds. The number of pyridine rings is 1. The zero-order valence-electron chi connectivity index (χ0n) is 19.1. The second-order valence-corrected chi connectivity index (χ2v) is 8.21. The third-order valence-electron chi connectivity index (χ3n) is 5.32. The quantitative estimate of drug-likeness (QED) is 0.316. The Morgan fingerprint density at radius 3 is 2.44 bits per heavy atom. The lowest BCUT2D eigenvalue weighted by atomic mass is 10.2. The van der Waals surface area contributed by atoms with Gasteiger partial charge in [-0.15, -0.1) is 0 Å². The van der Waals surface area contributed by atoms with Gasteiger partial charge in [-0.25, -0.2) is 15.0 Å². The number of anilines is 5. The maximum atomic E-state index is 11.3. The Morgan fingerprint density at radius 2 is 1.68 bits per heavy atom. The van der Waals surface area contributed by atoms with Crippen LogP contribution in [0.5, 0.6) is 0 Å². The van der Waals surface area contributed by atoms with Crippen LogP contribution in [0.4, 0.5) is 28.8 Å². The van der Waals surface area contributed by atoms with Crippen molar-refractivity contribution < 1.29 is 4.79 Å². The van der Waals surface area contributed by atoms with Crippen LogP contribution in [-0.4, -0.2) is 30.4 Å². The van der Waals surface area contributed by atoms with E-state index in [0.29, 0.717) is 17.3 Å². The van der Waals surface area contributed by atoms with Crippen LogP contribution in [-0.2, 0) is 4.79 Å². The summed E-state index contributed by atoms with van der Waals surface area (Å²) in [6.45, 7) is 5.66. The van der Waals surface area contributed by atoms with E-state index in [1.807, 2.05) is 54.6 Å². The molecule has 0 aliphatic heterocycles. The fourth-order valence-corrected chi connectivity index (χ4v) is 3.84. The van der Waals surface area contributed by atoms with E-state index in [1.165, 1.54) is 13.3 Å². The summed E-state index contributed by atoms with van der Waals surface area (Å²) in [7, 11) is 0. The van der Waals surface area contributed by atoms with E-state index in [-0.39, 0.29) is 11.9 Å². The molecule has 0 atom stereocenters. The molecule has 0 saturated carbocycles. The maximum Gasteiger partial charge on any atom is 0.221 e. The summed E-state index contributed by atoms with van der Waals surface area (Å²) < 4.78 is 2.05. The summed E-state index contributed by atoms with van der Waals surface area (Å²) in [5.41, 5.74) is 4.79. The first kappa shape index (κ1) is 21.3. The summed E-state index contributed by atoms with van der Waals surface area (Å²) in [6, 6.07) is 17.5. The van der Waals surface area contributed by atoms with Gasteiger partial charge in [-0.1, -0.05) is 6.07 Å². The SMILES string of the molecule is CC(=O)Nc1ccc(Nc2ncnc3c2nc(Nc2ccc4ncccc4c2)n3C(C)C)cc1. The number of hydrogen-bond donors (Lipinski definition) is 3. The molecule has 0 aliphatic rings. The molecule has 0 fully saturated rings. The number of carbonyl (C=O) groups is 1. The van der Waals surface area contributed by atoms with Gasteiger partial charge in [0.1, 0.15) is 6.33 Å². The van der Waals surface area contributed by atoms with Gasteiger partial charge in [0.15, 0.2) is 17.0 Å². The summed E-state index contributed by atoms with van der Waals surface area (Å²) in [6.07, 6.45) is 3.32. The lowest BCUT2D eigenvalue weighted by Gasteiger charge is -2.13. The molecule has 9 heteroatoms. The molecule has 3 aromatic heterocycles. The summed E-state index contributed by atoms with van der Waals surface area (Å²) in [5, 5.41) is 10.6. The van der Waals surface area contributed by atoms with Gasteiger partial charge in [0.25, 0.3) is 0 Å². The van der Waals surface area contributed by atoms with Crippen LogP contribution in [0.25, 0.3) is 22.1 Å². The number of aromatic nitrogens is 5. The van der Waals surface area contributed by atoms with Gasteiger partial charge in [0.05, 0.1) is 5.52 Å². The minimum Gasteiger partial charge on any atom is -0.338 e. The first-order valence-corrected chi connectivity index (χ1v) is 11.0. The minimum atomic E-state index is -0.111. The van der Waals surface area contributed by atoms with Gasteiger partial charge >= 0.3 is 0 Å². The number of carbonyl (C=O) groups excluding carboxylic acids is 1. The summed E-state index contributed by atoms with van der Waals surface area (Å²) in [4.78, 5) is 29.4. The van der Waals surface area contributed by atoms with E-state index in [0.717, 1.165) is 33.6 Å². The van der Waals surface area contributed by atoms with Crippen LogP contribution in [0.15, 0.2) is 67.1 Å². The Hall–Kier alpha value is -4.53. The number of nitrogens with zero attached hydrogens (tertiary/aromatic N) is 5. The van der Waals surface area contributed by atoms with Crippen molar-refractivity contribution >= 4 is 56.8 Å². The minimum absolute atomic E-state index is 0.111. The van der Waals surface area contributed by atoms with Crippen molar-refractivity contribution in [3.8, 4) is 0 Å². The number of fused-ring (bicyclic) bond motifs is 2. The van der Waals surface area contributed by atoms with Crippen LogP contribution < -0.4 is 16.0 Å². The lowest BCUT2D eigenvalue weighted by Crippen LogP contribution is -2.07. The second kappa shape index (κ2) is 8.78. The Balaban J connectivity index is 1.50. The molecule has 3 heterocycles. The van der Waals surface area contributed by atoms with Crippen molar-refractivity contribution in [2.45, 2.75) is 26.8 Å². The standard InChI is InChI=1S/C25H24N8O/c1-15(2)33-24-22(32-25(33)31-20-10-11-21-17(13-20)5-4-12-26-21)23(27-14-28-24)30-19-8-6-18(7-9-19)29-16(3)34/h4-15H,1-3H3,(H,29,34)(H,31,32)(H,27,28,30). The Morgan fingerprint density at radius 1 is 0.912 bits per heavy atom. The molecule has 5 aromatic rings. The van der Waals surface area contributed by atoms with Crippen LogP contribution >= 0.6 is 0 Å². The number of amides is 1. The summed E-state index contributed by atoms with van der Waals surface area (Å²) >= 11 is 0. The van der Waals surface area contributed by atoms with Crippen LogP contribution in [0.3, 0.4) is 0 Å². The van der Waals surface area contributed by atoms with E-state index in [2.05, 4.69) is 49.3 Å². The zero-order valence-corrected chi connectivity index (χ0v) is 19.1. The second-order valence-electron chi connectivity index (χ2n) is 8.21. The van der Waals surface area contributed by atoms with E-state index in [9.17, 15) is 4.79 Å². The smallest absolute Gasteiger partial charge is 0.221 e. The third-order valence-corrected chi connectivity index (χ3v) is 5.32. The van der Waals surface area contributed by atoms with Gasteiger partial charge in [0.2, 0.25) is 11.9 Å². The Bertz CT molecular complexity index is 1490. The molecule has 2 aromatic carbocycles. The molecule has 0 aliphatic carbocycles. The van der Waals surface area contributed by atoms with E-state index in [1.54, 1.807) is 6.20 Å². The van der Waals surface area contributed by atoms with E-state index < -0.39 is 0 Å². The fraction of sp³-hybridized carbons (Fsp3) is 0.160. The monoisotopic (exact) mass is 452 g/mol. The van der Waals surface area contributed by atoms with E-state index >= 15 is 0 Å². The van der Waals surface area contributed by atoms with Crippen molar-refractivity contribution in [1.82, 2.24) is 24.5 Å². The Kier molecular flexibility index (Phi) is 5.51. The number of imidazole rings is 1. The molecular formula is C25H24N8O. The average Bonchev–Trinajstić information content (AvgIpc) is 3.19. The largest absolute Gasteiger partial charge is 0.338 e. The molecule has 170 valence electrons. The highest BCUT2D eigenvalue weighted by Crippen LogP contribution is 2.30. The van der Waals surface area contributed by atoms with Crippen LogP contribution in [0.2, 0.25) is 0 Å². The molecule has 5 rings (SSSR count). The highest BCUT2D eigenvalue weighted by atomic mass is 16.1. The molecule has 3 N–H and O–H groups in total. The molecule has 0 bridgehead atoms. The van der Waals surface area contributed by atoms with Gasteiger partial charge in [-0.05, 0) is 62.4 Å². The normalized spacial score (nSPS) is 11.2. The molecule has 0 radical (unpaired) electrons. The highest BCUT2D eigenvalue weighted by Gasteiger charge is 2.18. The van der Waals surface area contributed by atoms with Crippen molar-refractivity contribution in [2.24, 2.45) is 0 Å². The molecule has 0 saturated heterocycles. The topological polar surface area (TPSA) is 110 Å². The molecule has 0 spiro atoms. The van der Waals surface area contributed by atoms with Gasteiger partial charge in [-0.2, -0.15) is 0 Å². The van der Waals surface area contributed by atoms with E-state index in [4.69, 9.17) is 4.98 Å². The van der Waals surface area contributed by atoms with Gasteiger partial charge in [-0.3, -0.25) is 14.3 Å². The zero-order chi connectivity index (χ0) is 23.7. The number of hydrogen-bond acceptors (Lipinski definition) is 7. The lowest BCUT2D eigenvalue weighted by molar-refractivity contribution is -0.114. The predicted molar refractivity (Wildman–Crippen MR) is 135 cm³/mol.